The van der Waals surface area contributed by atoms with Gasteiger partial charge in [-0.05, 0) is 6.07 Å². The molecule has 0 aliphatic carbocycles. The Labute approximate surface area is 76.4 Å². The normalized spacial score (nSPS) is 10.6. The number of nitro benzene ring substituents is 1. The molecule has 0 aliphatic rings. The molecule has 2 N–H and O–H groups in total. The fourth-order valence-electron chi connectivity index (χ4n) is 0.936. The van der Waals surface area contributed by atoms with E-state index >= 15 is 0 Å². The van der Waals surface area contributed by atoms with Gasteiger partial charge in [0.2, 0.25) is 5.82 Å². The number of rotatable bonds is 2. The fraction of sp³-hybridized carbons (Fsp3) is 0.143. The number of nitrogens with zero attached hydrogens (tertiary/aromatic N) is 1. The van der Waals surface area contributed by atoms with Gasteiger partial charge in [0, 0.05) is 6.07 Å². The Morgan fingerprint density at radius 3 is 2.36 bits per heavy atom. The third-order valence-electron chi connectivity index (χ3n) is 1.56. The van der Waals surface area contributed by atoms with Crippen LogP contribution in [-0.2, 0) is 0 Å². The first-order valence-corrected chi connectivity index (χ1v) is 3.43. The summed E-state index contributed by atoms with van der Waals surface area (Å²) in [4.78, 5) is 9.11. The minimum atomic E-state index is -2.42. The first-order valence-electron chi connectivity index (χ1n) is 3.43. The Kier molecular flexibility index (Phi) is 2.73. The summed E-state index contributed by atoms with van der Waals surface area (Å²) < 4.78 is 25.8. The van der Waals surface area contributed by atoms with Crippen molar-refractivity contribution >= 4 is 5.69 Å². The molecule has 0 saturated heterocycles. The van der Waals surface area contributed by atoms with Gasteiger partial charge in [0.1, 0.15) is 5.82 Å². The molecule has 0 atom stereocenters. The Bertz CT molecular complexity index is 380. The van der Waals surface area contributed by atoms with Gasteiger partial charge < -0.3 is 10.2 Å². The highest BCUT2D eigenvalue weighted by Crippen LogP contribution is 2.26. The molecule has 0 bridgehead atoms. The van der Waals surface area contributed by atoms with Crippen LogP contribution >= 0.6 is 0 Å². The first-order chi connectivity index (χ1) is 6.45. The average Bonchev–Trinajstić information content (AvgIpc) is 2.02. The quantitative estimate of drug-likeness (QED) is 0.426. The van der Waals surface area contributed by atoms with E-state index in [2.05, 4.69) is 0 Å². The standard InChI is InChI=1S/C7H5F2NO4/c8-3-1-2-4(10(13)14)6(9)5(3)7(11)12/h1-2,7,11-12H. The van der Waals surface area contributed by atoms with Crippen LogP contribution in [0.3, 0.4) is 0 Å². The lowest BCUT2D eigenvalue weighted by Gasteiger charge is -2.06. The third-order valence-corrected chi connectivity index (χ3v) is 1.56. The first kappa shape index (κ1) is 10.5. The van der Waals surface area contributed by atoms with Gasteiger partial charge in [0.15, 0.2) is 6.29 Å². The number of aliphatic hydroxyl groups is 2. The number of aliphatic hydroxyl groups excluding tert-OH is 1. The van der Waals surface area contributed by atoms with Gasteiger partial charge in [-0.15, -0.1) is 0 Å². The van der Waals surface area contributed by atoms with Gasteiger partial charge in [-0.3, -0.25) is 10.1 Å². The van der Waals surface area contributed by atoms with Crippen molar-refractivity contribution in [1.82, 2.24) is 0 Å². The summed E-state index contributed by atoms with van der Waals surface area (Å²) in [5.74, 6) is -2.83. The molecule has 0 radical (unpaired) electrons. The Morgan fingerprint density at radius 1 is 1.36 bits per heavy atom. The van der Waals surface area contributed by atoms with Gasteiger partial charge in [-0.1, -0.05) is 0 Å². The van der Waals surface area contributed by atoms with Crippen LogP contribution in [0, 0.1) is 21.7 Å². The van der Waals surface area contributed by atoms with E-state index in [0.29, 0.717) is 12.1 Å². The molecule has 7 heteroatoms. The molecule has 1 rings (SSSR count). The van der Waals surface area contributed by atoms with E-state index in [1.807, 2.05) is 0 Å². The van der Waals surface area contributed by atoms with Crippen molar-refractivity contribution in [2.45, 2.75) is 6.29 Å². The minimum Gasteiger partial charge on any atom is -0.364 e. The second kappa shape index (κ2) is 3.64. The average molecular weight is 205 g/mol. The maximum atomic E-state index is 13.0. The molecular formula is C7H5F2NO4. The van der Waals surface area contributed by atoms with Crippen molar-refractivity contribution < 1.29 is 23.9 Å². The lowest BCUT2D eigenvalue weighted by molar-refractivity contribution is -0.387. The number of hydrogen-bond acceptors (Lipinski definition) is 4. The predicted octanol–water partition coefficient (Wildman–Crippen LogP) is 0.856. The van der Waals surface area contributed by atoms with E-state index in [4.69, 9.17) is 10.2 Å². The zero-order valence-electron chi connectivity index (χ0n) is 6.65. The molecule has 0 heterocycles. The number of halogens is 2. The van der Waals surface area contributed by atoms with Gasteiger partial charge >= 0.3 is 5.69 Å². The van der Waals surface area contributed by atoms with Gasteiger partial charge in [0.05, 0.1) is 10.5 Å². The minimum absolute atomic E-state index is 0.593. The largest absolute Gasteiger partial charge is 0.364 e. The molecule has 1 aromatic carbocycles. The van der Waals surface area contributed by atoms with E-state index in [-0.39, 0.29) is 0 Å². The molecule has 76 valence electrons. The van der Waals surface area contributed by atoms with Crippen LogP contribution in [0.5, 0.6) is 0 Å². The van der Waals surface area contributed by atoms with Crippen LogP contribution in [0.4, 0.5) is 14.5 Å². The van der Waals surface area contributed by atoms with Crippen molar-refractivity contribution in [3.8, 4) is 0 Å². The Hall–Kier alpha value is -1.60. The zero-order chi connectivity index (χ0) is 10.9. The van der Waals surface area contributed by atoms with Gasteiger partial charge in [-0.2, -0.15) is 4.39 Å². The molecule has 0 amide bonds. The zero-order valence-corrected chi connectivity index (χ0v) is 6.65. The summed E-state index contributed by atoms with van der Waals surface area (Å²) in [6.45, 7) is 0. The lowest BCUT2D eigenvalue weighted by atomic mass is 10.1. The maximum Gasteiger partial charge on any atom is 0.305 e. The Morgan fingerprint density at radius 2 is 1.93 bits per heavy atom. The number of nitro groups is 1. The van der Waals surface area contributed by atoms with Crippen molar-refractivity contribution in [2.24, 2.45) is 0 Å². The molecular weight excluding hydrogens is 200 g/mol. The SMILES string of the molecule is O=[N+]([O-])c1ccc(F)c(C(O)O)c1F. The molecule has 14 heavy (non-hydrogen) atoms. The van der Waals surface area contributed by atoms with Crippen molar-refractivity contribution in [1.29, 1.82) is 0 Å². The van der Waals surface area contributed by atoms with Crippen molar-refractivity contribution in [2.75, 3.05) is 0 Å². The van der Waals surface area contributed by atoms with Crippen molar-refractivity contribution in [3.63, 3.8) is 0 Å². The number of hydrogen-bond donors (Lipinski definition) is 2. The Balaban J connectivity index is 3.41. The fourth-order valence-corrected chi connectivity index (χ4v) is 0.936. The summed E-state index contributed by atoms with van der Waals surface area (Å²) in [6.07, 6.45) is -2.42. The highest BCUT2D eigenvalue weighted by atomic mass is 19.1. The molecule has 0 saturated carbocycles. The van der Waals surface area contributed by atoms with E-state index in [1.165, 1.54) is 0 Å². The van der Waals surface area contributed by atoms with E-state index in [1.54, 1.807) is 0 Å². The van der Waals surface area contributed by atoms with Gasteiger partial charge in [0.25, 0.3) is 0 Å². The second-order valence-electron chi connectivity index (χ2n) is 2.42. The summed E-state index contributed by atoms with van der Waals surface area (Å²) >= 11 is 0. The molecule has 5 nitrogen and oxygen atoms in total. The highest BCUT2D eigenvalue weighted by molar-refractivity contribution is 5.38. The van der Waals surface area contributed by atoms with Crippen LogP contribution in [0.2, 0.25) is 0 Å². The summed E-state index contributed by atoms with van der Waals surface area (Å²) in [7, 11) is 0. The second-order valence-corrected chi connectivity index (χ2v) is 2.42. The summed E-state index contributed by atoms with van der Waals surface area (Å²) in [5, 5.41) is 27.3. The van der Waals surface area contributed by atoms with Crippen molar-refractivity contribution in [3.05, 3.63) is 39.4 Å². The maximum absolute atomic E-state index is 13.0. The van der Waals surface area contributed by atoms with E-state index in [0.717, 1.165) is 0 Å². The molecule has 1 aromatic rings. The molecule has 0 unspecified atom stereocenters. The van der Waals surface area contributed by atoms with Gasteiger partial charge in [-0.25, -0.2) is 4.39 Å². The van der Waals surface area contributed by atoms with Crippen LogP contribution in [0.1, 0.15) is 11.9 Å². The lowest BCUT2D eigenvalue weighted by Crippen LogP contribution is -2.05. The van der Waals surface area contributed by atoms with Crippen LogP contribution in [0.25, 0.3) is 0 Å². The monoisotopic (exact) mass is 205 g/mol. The third kappa shape index (κ3) is 1.68. The van der Waals surface area contributed by atoms with Crippen LogP contribution in [-0.4, -0.2) is 15.1 Å². The molecule has 0 aliphatic heterocycles. The van der Waals surface area contributed by atoms with E-state index in [9.17, 15) is 18.9 Å². The van der Waals surface area contributed by atoms with E-state index < -0.39 is 34.1 Å². The number of benzene rings is 1. The smallest absolute Gasteiger partial charge is 0.305 e. The topological polar surface area (TPSA) is 83.6 Å². The molecule has 0 fully saturated rings. The molecule has 0 spiro atoms. The van der Waals surface area contributed by atoms with Crippen LogP contribution < -0.4 is 0 Å². The molecule has 0 aromatic heterocycles. The predicted molar refractivity (Wildman–Crippen MR) is 40.2 cm³/mol. The summed E-state index contributed by atoms with van der Waals surface area (Å²) in [5.41, 5.74) is -2.13. The van der Waals surface area contributed by atoms with Crippen LogP contribution in [0.15, 0.2) is 12.1 Å². The highest BCUT2D eigenvalue weighted by Gasteiger charge is 2.24. The summed E-state index contributed by atoms with van der Waals surface area (Å²) in [6, 6.07) is 1.20.